The van der Waals surface area contributed by atoms with E-state index in [1.807, 2.05) is 18.2 Å². The van der Waals surface area contributed by atoms with E-state index in [-0.39, 0.29) is 23.7 Å². The second-order valence-electron chi connectivity index (χ2n) is 7.04. The first-order chi connectivity index (χ1) is 15.5. The summed E-state index contributed by atoms with van der Waals surface area (Å²) in [7, 11) is -4.05. The Kier molecular flexibility index (Phi) is 5.97. The normalized spacial score (nSPS) is 15.8. The van der Waals surface area contributed by atoms with Gasteiger partial charge in [0, 0.05) is 37.3 Å². The fraction of sp³-hybridized carbons (Fsp3) is 0.250. The maximum Gasteiger partial charge on any atom is 0.290 e. The van der Waals surface area contributed by atoms with Gasteiger partial charge >= 0.3 is 0 Å². The highest BCUT2D eigenvalue weighted by Gasteiger charge is 2.29. The van der Waals surface area contributed by atoms with Gasteiger partial charge in [-0.2, -0.15) is 17.6 Å². The number of fused-ring (bicyclic) bond motifs is 2. The number of nitrogens with one attached hydrogen (secondary N) is 2. The molecule has 3 heterocycles. The first-order valence-corrected chi connectivity index (χ1v) is 11.2. The Morgan fingerprint density at radius 3 is 2.66 bits per heavy atom. The van der Waals surface area contributed by atoms with Gasteiger partial charge in [-0.25, -0.2) is 0 Å². The maximum atomic E-state index is 13.4. The minimum Gasteiger partial charge on any atom is -0.483 e. The third kappa shape index (κ3) is 3.97. The maximum absolute atomic E-state index is 13.4. The number of amides is 1. The second-order valence-corrected chi connectivity index (χ2v) is 8.78. The van der Waals surface area contributed by atoms with Gasteiger partial charge in [0.05, 0.1) is 11.7 Å². The highest BCUT2D eigenvalue weighted by molar-refractivity contribution is 7.90. The predicted molar refractivity (Wildman–Crippen MR) is 117 cm³/mol. The highest BCUT2D eigenvalue weighted by atomic mass is 32.2. The van der Waals surface area contributed by atoms with E-state index >= 15 is 0 Å². The molecule has 12 heteroatoms. The molecule has 0 atom stereocenters. The summed E-state index contributed by atoms with van der Waals surface area (Å²) in [5, 5.41) is 17.7. The van der Waals surface area contributed by atoms with Crippen molar-refractivity contribution in [1.82, 2.24) is 14.5 Å². The monoisotopic (exact) mass is 459 g/mol. The lowest BCUT2D eigenvalue weighted by molar-refractivity contribution is -0.123. The molecule has 3 N–H and O–H groups in total. The summed E-state index contributed by atoms with van der Waals surface area (Å²) in [4.78, 5) is 22.3. The minimum absolute atomic E-state index is 0.0550. The number of anilines is 2. The molecule has 1 amide bonds. The number of carboxylic acid groups (broad SMARTS) is 1. The van der Waals surface area contributed by atoms with Crippen molar-refractivity contribution in [3.63, 3.8) is 0 Å². The molecule has 0 aliphatic carbocycles. The molecule has 0 saturated carbocycles. The average Bonchev–Trinajstić information content (AvgIpc) is 3.24. The summed E-state index contributed by atoms with van der Waals surface area (Å²) in [6.45, 7) is 3.07. The average molecular weight is 459 g/mol. The summed E-state index contributed by atoms with van der Waals surface area (Å²) in [5.74, 6) is -0.0740. The van der Waals surface area contributed by atoms with E-state index in [0.717, 1.165) is 41.3 Å². The van der Waals surface area contributed by atoms with Crippen molar-refractivity contribution < 1.29 is 27.9 Å². The number of carbonyl (C=O) groups is 2. The number of carbonyl (C=O) groups excluding carboxylic acids is 1. The quantitative estimate of drug-likeness (QED) is 0.483. The largest absolute Gasteiger partial charge is 0.483 e. The van der Waals surface area contributed by atoms with E-state index in [2.05, 4.69) is 20.6 Å². The van der Waals surface area contributed by atoms with Crippen molar-refractivity contribution in [3.8, 4) is 5.75 Å². The molecular formula is C20H21N5O6S. The molecule has 5 rings (SSSR count). The topological polar surface area (TPSA) is 143 Å². The lowest BCUT2D eigenvalue weighted by atomic mass is 10.2. The van der Waals surface area contributed by atoms with Gasteiger partial charge < -0.3 is 25.4 Å². The summed E-state index contributed by atoms with van der Waals surface area (Å²) < 4.78 is 33.3. The molecule has 0 unspecified atom stereocenters. The van der Waals surface area contributed by atoms with Crippen LogP contribution in [-0.4, -0.2) is 67.9 Å². The van der Waals surface area contributed by atoms with Gasteiger partial charge in [0.15, 0.2) is 6.61 Å². The van der Waals surface area contributed by atoms with Crippen LogP contribution in [0.15, 0.2) is 47.5 Å². The number of hydrogen-bond acceptors (Lipinski definition) is 8. The molecule has 0 bridgehead atoms. The van der Waals surface area contributed by atoms with Crippen LogP contribution in [0.1, 0.15) is 0 Å². The zero-order valence-electron chi connectivity index (χ0n) is 16.9. The smallest absolute Gasteiger partial charge is 0.290 e. The predicted octanol–water partition coefficient (Wildman–Crippen LogP) is 0.715. The Morgan fingerprint density at radius 1 is 1.16 bits per heavy atom. The number of benzene rings is 2. The Hall–Kier alpha value is -3.64. The summed E-state index contributed by atoms with van der Waals surface area (Å²) in [5.41, 5.74) is 1.58. The van der Waals surface area contributed by atoms with Crippen LogP contribution in [-0.2, 0) is 19.6 Å². The van der Waals surface area contributed by atoms with Crippen molar-refractivity contribution in [1.29, 1.82) is 0 Å². The van der Waals surface area contributed by atoms with E-state index in [1.165, 1.54) is 12.3 Å². The Balaban J connectivity index is 0.000000775. The van der Waals surface area contributed by atoms with E-state index < -0.39 is 15.9 Å². The molecule has 0 radical (unpaired) electrons. The van der Waals surface area contributed by atoms with Crippen molar-refractivity contribution in [2.75, 3.05) is 43.0 Å². The number of hydrogen-bond donors (Lipinski definition) is 3. The van der Waals surface area contributed by atoms with Crippen molar-refractivity contribution in [3.05, 3.63) is 42.6 Å². The van der Waals surface area contributed by atoms with Gasteiger partial charge in [0.1, 0.15) is 16.3 Å². The van der Waals surface area contributed by atoms with Crippen LogP contribution in [0.5, 0.6) is 5.75 Å². The molecule has 2 aromatic carbocycles. The molecule has 2 aliphatic rings. The minimum atomic E-state index is -4.05. The van der Waals surface area contributed by atoms with Crippen LogP contribution in [0.25, 0.3) is 10.9 Å². The van der Waals surface area contributed by atoms with Gasteiger partial charge in [-0.15, -0.1) is 0 Å². The highest BCUT2D eigenvalue weighted by Crippen LogP contribution is 2.36. The second kappa shape index (κ2) is 8.85. The zero-order chi connectivity index (χ0) is 22.7. The van der Waals surface area contributed by atoms with Crippen LogP contribution in [0.3, 0.4) is 0 Å². The van der Waals surface area contributed by atoms with Gasteiger partial charge in [0.2, 0.25) is 0 Å². The van der Waals surface area contributed by atoms with Gasteiger partial charge in [-0.05, 0) is 30.3 Å². The van der Waals surface area contributed by atoms with Crippen LogP contribution < -0.4 is 20.3 Å². The first-order valence-electron chi connectivity index (χ1n) is 9.78. The third-order valence-corrected chi connectivity index (χ3v) is 6.76. The molecule has 2 aliphatic heterocycles. The summed E-state index contributed by atoms with van der Waals surface area (Å²) in [6.07, 6.45) is 1.53. The Labute approximate surface area is 183 Å². The number of rotatable bonds is 3. The van der Waals surface area contributed by atoms with Crippen LogP contribution >= 0.6 is 0 Å². The van der Waals surface area contributed by atoms with Gasteiger partial charge in [-0.1, -0.05) is 6.07 Å². The van der Waals surface area contributed by atoms with E-state index in [4.69, 9.17) is 14.6 Å². The van der Waals surface area contributed by atoms with Crippen molar-refractivity contribution in [2.45, 2.75) is 4.90 Å². The molecule has 1 fully saturated rings. The number of piperazine rings is 1. The van der Waals surface area contributed by atoms with E-state index in [0.29, 0.717) is 11.3 Å². The number of nitrogens with zero attached hydrogens (tertiary/aromatic N) is 3. The van der Waals surface area contributed by atoms with E-state index in [1.54, 1.807) is 12.1 Å². The standard InChI is InChI=1S/C19H19N5O4S.CH2O2/c25-18-12-28-16-2-1-3-17(19(16)22-18)29(26,27)24-15-10-14(5-4-13(15)11-21-24)23-8-6-20-7-9-23;2-1-3/h1-5,10-11,20H,6-9,12H2,(H,22,25);1H,(H,2,3). The molecule has 3 aromatic rings. The van der Waals surface area contributed by atoms with Crippen LogP contribution in [0.2, 0.25) is 0 Å². The summed E-state index contributed by atoms with van der Waals surface area (Å²) >= 11 is 0. The first kappa shape index (κ1) is 21.6. The SMILES string of the molecule is O=C1COc2cccc(S(=O)(=O)n3ncc4ccc(N5CCNCC5)cc43)c2N1.O=CO. The number of para-hydroxylation sites is 1. The zero-order valence-corrected chi connectivity index (χ0v) is 17.7. The summed E-state index contributed by atoms with van der Waals surface area (Å²) in [6, 6.07) is 10.3. The fourth-order valence-electron chi connectivity index (χ4n) is 3.68. The Morgan fingerprint density at radius 2 is 1.91 bits per heavy atom. The molecular weight excluding hydrogens is 438 g/mol. The van der Waals surface area contributed by atoms with E-state index in [9.17, 15) is 13.2 Å². The lowest BCUT2D eigenvalue weighted by Gasteiger charge is -2.29. The van der Waals surface area contributed by atoms with Crippen molar-refractivity contribution in [2.24, 2.45) is 0 Å². The number of ether oxygens (including phenoxy) is 1. The molecule has 168 valence electrons. The van der Waals surface area contributed by atoms with Crippen LogP contribution in [0.4, 0.5) is 11.4 Å². The molecule has 1 saturated heterocycles. The Bertz CT molecular complexity index is 1270. The molecule has 32 heavy (non-hydrogen) atoms. The van der Waals surface area contributed by atoms with Gasteiger partial charge in [-0.3, -0.25) is 9.59 Å². The fourth-order valence-corrected chi connectivity index (χ4v) is 5.11. The van der Waals surface area contributed by atoms with Gasteiger partial charge in [0.25, 0.3) is 22.4 Å². The molecule has 0 spiro atoms. The van der Waals surface area contributed by atoms with Crippen LogP contribution in [0, 0.1) is 0 Å². The molecule has 11 nitrogen and oxygen atoms in total. The lowest BCUT2D eigenvalue weighted by Crippen LogP contribution is -2.43. The molecule has 1 aromatic heterocycles. The number of aromatic nitrogens is 2. The van der Waals surface area contributed by atoms with Crippen molar-refractivity contribution >= 4 is 44.7 Å². The third-order valence-electron chi connectivity index (χ3n) is 5.12.